The molecule has 1 aliphatic heterocycles. The average molecular weight is 357 g/mol. The third-order valence-electron chi connectivity index (χ3n) is 5.00. The molecule has 1 N–H and O–H groups in total. The molecule has 1 aromatic rings. The second kappa shape index (κ2) is 7.14. The Labute approximate surface area is 154 Å². The standard InChI is InChI=1S/C21H27NO4/c1-5-9-26-20-13(7-6-8-17(20)25-4)14-10-18(24)22-15-11-21(2,3)12-16(23)19(14)15/h6-8,14H,5,9-12H2,1-4H3,(H,22,24)/t14-/m1/s1. The number of carbonyl (C=O) groups excluding carboxylic acids is 2. The molecule has 5 nitrogen and oxygen atoms in total. The molecular formula is C21H27NO4. The van der Waals surface area contributed by atoms with Gasteiger partial charge in [-0.25, -0.2) is 0 Å². The zero-order chi connectivity index (χ0) is 18.9. The molecular weight excluding hydrogens is 330 g/mol. The third kappa shape index (κ3) is 3.48. The number of allylic oxidation sites excluding steroid dienone is 2. The minimum absolute atomic E-state index is 0.0523. The van der Waals surface area contributed by atoms with Gasteiger partial charge in [0.15, 0.2) is 17.3 Å². The molecule has 1 amide bonds. The van der Waals surface area contributed by atoms with Crippen molar-refractivity contribution in [3.63, 3.8) is 0 Å². The van der Waals surface area contributed by atoms with E-state index in [9.17, 15) is 9.59 Å². The van der Waals surface area contributed by atoms with E-state index in [-0.39, 0.29) is 29.4 Å². The summed E-state index contributed by atoms with van der Waals surface area (Å²) in [7, 11) is 1.60. The van der Waals surface area contributed by atoms with Gasteiger partial charge in [0.05, 0.1) is 13.7 Å². The van der Waals surface area contributed by atoms with Crippen molar-refractivity contribution in [2.45, 2.75) is 52.4 Å². The van der Waals surface area contributed by atoms with Gasteiger partial charge in [-0.15, -0.1) is 0 Å². The number of para-hydroxylation sites is 1. The number of ketones is 1. The van der Waals surface area contributed by atoms with E-state index >= 15 is 0 Å². The van der Waals surface area contributed by atoms with E-state index < -0.39 is 0 Å². The van der Waals surface area contributed by atoms with Gasteiger partial charge in [-0.05, 0) is 24.3 Å². The lowest BCUT2D eigenvalue weighted by Gasteiger charge is -2.38. The summed E-state index contributed by atoms with van der Waals surface area (Å²) < 4.78 is 11.4. The number of carbonyl (C=O) groups is 2. The van der Waals surface area contributed by atoms with Gasteiger partial charge in [-0.2, -0.15) is 0 Å². The summed E-state index contributed by atoms with van der Waals surface area (Å²) in [6.45, 7) is 6.72. The lowest BCUT2D eigenvalue weighted by molar-refractivity contribution is -0.122. The summed E-state index contributed by atoms with van der Waals surface area (Å²) >= 11 is 0. The Bertz CT molecular complexity index is 763. The fourth-order valence-electron chi connectivity index (χ4n) is 3.95. The molecule has 0 bridgehead atoms. The van der Waals surface area contributed by atoms with Crippen LogP contribution in [0, 0.1) is 5.41 Å². The number of ether oxygens (including phenoxy) is 2. The Balaban J connectivity index is 2.11. The van der Waals surface area contributed by atoms with Crippen LogP contribution in [0.25, 0.3) is 0 Å². The van der Waals surface area contributed by atoms with Crippen LogP contribution in [0.15, 0.2) is 29.5 Å². The summed E-state index contributed by atoms with van der Waals surface area (Å²) in [4.78, 5) is 25.3. The van der Waals surface area contributed by atoms with Crippen LogP contribution in [0.3, 0.4) is 0 Å². The van der Waals surface area contributed by atoms with Crippen LogP contribution < -0.4 is 14.8 Å². The Morgan fingerprint density at radius 3 is 2.69 bits per heavy atom. The molecule has 1 atom stereocenters. The Morgan fingerprint density at radius 1 is 1.23 bits per heavy atom. The predicted molar refractivity (Wildman–Crippen MR) is 99.3 cm³/mol. The summed E-state index contributed by atoms with van der Waals surface area (Å²) in [6, 6.07) is 5.67. The van der Waals surface area contributed by atoms with E-state index in [0.717, 1.165) is 23.3 Å². The first-order chi connectivity index (χ1) is 12.4. The predicted octanol–water partition coefficient (Wildman–Crippen LogP) is 3.73. The summed E-state index contributed by atoms with van der Waals surface area (Å²) in [5.41, 5.74) is 2.23. The van der Waals surface area contributed by atoms with Gasteiger partial charge in [-0.1, -0.05) is 32.9 Å². The minimum atomic E-state index is -0.288. The lowest BCUT2D eigenvalue weighted by atomic mass is 9.70. The first kappa shape index (κ1) is 18.5. The topological polar surface area (TPSA) is 64.6 Å². The van der Waals surface area contributed by atoms with Gasteiger partial charge < -0.3 is 14.8 Å². The second-order valence-corrected chi connectivity index (χ2v) is 7.87. The number of Topliss-reactive ketones (excluding diaryl/α,β-unsaturated/α-hetero) is 1. The molecule has 0 aromatic heterocycles. The van der Waals surface area contributed by atoms with Gasteiger partial charge in [-0.3, -0.25) is 9.59 Å². The fourth-order valence-corrected chi connectivity index (χ4v) is 3.95. The van der Waals surface area contributed by atoms with Gasteiger partial charge in [0, 0.05) is 35.6 Å². The van der Waals surface area contributed by atoms with Crippen LogP contribution >= 0.6 is 0 Å². The maximum Gasteiger partial charge on any atom is 0.225 e. The summed E-state index contributed by atoms with van der Waals surface area (Å²) in [6.07, 6.45) is 2.31. The van der Waals surface area contributed by atoms with Crippen LogP contribution in [0.4, 0.5) is 0 Å². The van der Waals surface area contributed by atoms with Crippen LogP contribution in [-0.4, -0.2) is 25.4 Å². The van der Waals surface area contributed by atoms with Gasteiger partial charge in [0.1, 0.15) is 0 Å². The zero-order valence-corrected chi connectivity index (χ0v) is 16.0. The minimum Gasteiger partial charge on any atom is -0.493 e. The zero-order valence-electron chi connectivity index (χ0n) is 16.0. The Kier molecular flexibility index (Phi) is 5.08. The van der Waals surface area contributed by atoms with Crippen molar-refractivity contribution in [1.29, 1.82) is 0 Å². The molecule has 5 heteroatoms. The molecule has 2 aliphatic rings. The van der Waals surface area contributed by atoms with Crippen molar-refractivity contribution in [1.82, 2.24) is 5.32 Å². The molecule has 0 saturated heterocycles. The van der Waals surface area contributed by atoms with Crippen molar-refractivity contribution in [3.8, 4) is 11.5 Å². The smallest absolute Gasteiger partial charge is 0.225 e. The highest BCUT2D eigenvalue weighted by Gasteiger charge is 2.41. The molecule has 140 valence electrons. The van der Waals surface area contributed by atoms with E-state index in [0.29, 0.717) is 30.9 Å². The molecule has 3 rings (SSSR count). The molecule has 1 aromatic carbocycles. The van der Waals surface area contributed by atoms with Crippen molar-refractivity contribution in [2.75, 3.05) is 13.7 Å². The van der Waals surface area contributed by atoms with E-state index in [2.05, 4.69) is 19.2 Å². The van der Waals surface area contributed by atoms with Crippen LogP contribution in [-0.2, 0) is 9.59 Å². The Morgan fingerprint density at radius 2 is 2.00 bits per heavy atom. The van der Waals surface area contributed by atoms with Crippen molar-refractivity contribution in [3.05, 3.63) is 35.0 Å². The van der Waals surface area contributed by atoms with Crippen LogP contribution in [0.1, 0.15) is 57.9 Å². The average Bonchev–Trinajstić information content (AvgIpc) is 2.57. The van der Waals surface area contributed by atoms with E-state index in [1.807, 2.05) is 25.1 Å². The number of amides is 1. The van der Waals surface area contributed by atoms with Gasteiger partial charge >= 0.3 is 0 Å². The highest BCUT2D eigenvalue weighted by atomic mass is 16.5. The number of benzene rings is 1. The largest absolute Gasteiger partial charge is 0.493 e. The van der Waals surface area contributed by atoms with Crippen molar-refractivity contribution < 1.29 is 19.1 Å². The quantitative estimate of drug-likeness (QED) is 0.872. The lowest BCUT2D eigenvalue weighted by Crippen LogP contribution is -2.40. The number of hydrogen-bond acceptors (Lipinski definition) is 4. The number of hydrogen-bond donors (Lipinski definition) is 1. The first-order valence-electron chi connectivity index (χ1n) is 9.22. The van der Waals surface area contributed by atoms with E-state index in [1.165, 1.54) is 0 Å². The van der Waals surface area contributed by atoms with E-state index in [1.54, 1.807) is 7.11 Å². The molecule has 0 unspecified atom stereocenters. The number of rotatable bonds is 5. The van der Waals surface area contributed by atoms with Gasteiger partial charge in [0.25, 0.3) is 0 Å². The molecule has 26 heavy (non-hydrogen) atoms. The van der Waals surface area contributed by atoms with Gasteiger partial charge in [0.2, 0.25) is 5.91 Å². The molecule has 0 spiro atoms. The van der Waals surface area contributed by atoms with Crippen molar-refractivity contribution >= 4 is 11.7 Å². The fraction of sp³-hybridized carbons (Fsp3) is 0.524. The van der Waals surface area contributed by atoms with Crippen molar-refractivity contribution in [2.24, 2.45) is 5.41 Å². The molecule has 1 heterocycles. The third-order valence-corrected chi connectivity index (χ3v) is 5.00. The Hall–Kier alpha value is -2.30. The first-order valence-corrected chi connectivity index (χ1v) is 9.22. The molecule has 0 saturated carbocycles. The monoisotopic (exact) mass is 357 g/mol. The maximum atomic E-state index is 12.9. The van der Waals surface area contributed by atoms with E-state index in [4.69, 9.17) is 9.47 Å². The normalized spacial score (nSPS) is 21.9. The highest BCUT2D eigenvalue weighted by Crippen LogP contribution is 2.47. The second-order valence-electron chi connectivity index (χ2n) is 7.87. The molecule has 0 radical (unpaired) electrons. The number of methoxy groups -OCH3 is 1. The highest BCUT2D eigenvalue weighted by molar-refractivity contribution is 6.02. The van der Waals surface area contributed by atoms with Crippen LogP contribution in [0.2, 0.25) is 0 Å². The number of nitrogens with one attached hydrogen (secondary N) is 1. The SMILES string of the molecule is CCCOc1c(OC)cccc1[C@H]1CC(=O)NC2=C1C(=O)CC(C)(C)C2. The maximum absolute atomic E-state index is 12.9. The van der Waals surface area contributed by atoms with Crippen LogP contribution in [0.5, 0.6) is 11.5 Å². The molecule has 0 fully saturated rings. The summed E-state index contributed by atoms with van der Waals surface area (Å²) in [5.74, 6) is 1.05. The molecule has 1 aliphatic carbocycles. The summed E-state index contributed by atoms with van der Waals surface area (Å²) in [5, 5.41) is 2.94.